The molecular weight excluding hydrogens is 213 g/mol. The summed E-state index contributed by atoms with van der Waals surface area (Å²) in [5.41, 5.74) is -0.905. The molecule has 7 heteroatoms. The summed E-state index contributed by atoms with van der Waals surface area (Å²) in [6.07, 6.45) is -3.82. The SMILES string of the molecule is O=C1COc2cc(C(F)(F)F)cnc2N1. The number of hydrogen-bond donors (Lipinski definition) is 1. The maximum absolute atomic E-state index is 12.3. The van der Waals surface area contributed by atoms with E-state index in [9.17, 15) is 18.0 Å². The number of nitrogens with zero attached hydrogens (tertiary/aromatic N) is 1. The number of carbonyl (C=O) groups is 1. The molecule has 1 aliphatic rings. The van der Waals surface area contributed by atoms with Gasteiger partial charge in [-0.15, -0.1) is 0 Å². The molecule has 1 aromatic rings. The lowest BCUT2D eigenvalue weighted by Crippen LogP contribution is -2.26. The molecular formula is C8H5F3N2O2. The fourth-order valence-electron chi connectivity index (χ4n) is 1.11. The highest BCUT2D eigenvalue weighted by Crippen LogP contribution is 2.34. The third-order valence-corrected chi connectivity index (χ3v) is 1.80. The number of halogens is 3. The molecule has 0 atom stereocenters. The van der Waals surface area contributed by atoms with E-state index < -0.39 is 17.6 Å². The zero-order valence-corrected chi connectivity index (χ0v) is 7.26. The molecule has 1 N–H and O–H groups in total. The Labute approximate surface area is 82.1 Å². The first kappa shape index (κ1) is 9.75. The number of hydrogen-bond acceptors (Lipinski definition) is 3. The molecule has 0 radical (unpaired) electrons. The average molecular weight is 218 g/mol. The standard InChI is InChI=1S/C8H5F3N2O2/c9-8(10,11)4-1-5-7(12-2-4)13-6(14)3-15-5/h1-2H,3H2,(H,12,13,14). The van der Waals surface area contributed by atoms with Gasteiger partial charge in [-0.05, 0) is 6.07 Å². The Morgan fingerprint density at radius 1 is 1.47 bits per heavy atom. The van der Waals surface area contributed by atoms with Crippen molar-refractivity contribution in [1.82, 2.24) is 4.98 Å². The second-order valence-corrected chi connectivity index (χ2v) is 2.91. The number of anilines is 1. The van der Waals surface area contributed by atoms with Gasteiger partial charge in [-0.25, -0.2) is 4.98 Å². The van der Waals surface area contributed by atoms with Crippen LogP contribution in [-0.2, 0) is 11.0 Å². The number of rotatable bonds is 0. The smallest absolute Gasteiger partial charge is 0.418 e. The highest BCUT2D eigenvalue weighted by molar-refractivity contribution is 5.94. The normalized spacial score (nSPS) is 15.3. The summed E-state index contributed by atoms with van der Waals surface area (Å²) in [5.74, 6) is -0.488. The van der Waals surface area contributed by atoms with Crippen LogP contribution in [-0.4, -0.2) is 17.5 Å². The van der Waals surface area contributed by atoms with Crippen LogP contribution in [0.5, 0.6) is 5.75 Å². The van der Waals surface area contributed by atoms with Crippen molar-refractivity contribution in [3.63, 3.8) is 0 Å². The fraction of sp³-hybridized carbons (Fsp3) is 0.250. The monoisotopic (exact) mass is 218 g/mol. The van der Waals surface area contributed by atoms with Gasteiger partial charge in [0, 0.05) is 6.20 Å². The highest BCUT2D eigenvalue weighted by Gasteiger charge is 2.32. The maximum atomic E-state index is 12.3. The van der Waals surface area contributed by atoms with E-state index in [-0.39, 0.29) is 18.2 Å². The molecule has 0 unspecified atom stereocenters. The molecule has 0 saturated heterocycles. The van der Waals surface area contributed by atoms with E-state index in [0.717, 1.165) is 6.07 Å². The number of aromatic nitrogens is 1. The average Bonchev–Trinajstić information content (AvgIpc) is 2.15. The number of amides is 1. The van der Waals surface area contributed by atoms with Crippen molar-refractivity contribution < 1.29 is 22.7 Å². The van der Waals surface area contributed by atoms with Gasteiger partial charge >= 0.3 is 6.18 Å². The lowest BCUT2D eigenvalue weighted by atomic mass is 10.2. The van der Waals surface area contributed by atoms with Crippen LogP contribution in [0, 0.1) is 0 Å². The molecule has 0 saturated carbocycles. The molecule has 0 spiro atoms. The molecule has 1 amide bonds. The van der Waals surface area contributed by atoms with Crippen molar-refractivity contribution in [2.75, 3.05) is 11.9 Å². The minimum absolute atomic E-state index is 0.0132. The van der Waals surface area contributed by atoms with Gasteiger partial charge in [0.2, 0.25) is 0 Å². The van der Waals surface area contributed by atoms with Crippen LogP contribution in [0.4, 0.5) is 19.0 Å². The summed E-state index contributed by atoms with van der Waals surface area (Å²) in [7, 11) is 0. The quantitative estimate of drug-likeness (QED) is 0.716. The number of ether oxygens (including phenoxy) is 1. The molecule has 0 aliphatic carbocycles. The van der Waals surface area contributed by atoms with Gasteiger partial charge in [0.25, 0.3) is 5.91 Å². The van der Waals surface area contributed by atoms with Crippen LogP contribution in [0.2, 0.25) is 0 Å². The number of pyridine rings is 1. The van der Waals surface area contributed by atoms with E-state index >= 15 is 0 Å². The van der Waals surface area contributed by atoms with E-state index in [1.807, 2.05) is 0 Å². The number of fused-ring (bicyclic) bond motifs is 1. The highest BCUT2D eigenvalue weighted by atomic mass is 19.4. The second-order valence-electron chi connectivity index (χ2n) is 2.91. The van der Waals surface area contributed by atoms with Gasteiger partial charge in [0.1, 0.15) is 0 Å². The summed E-state index contributed by atoms with van der Waals surface area (Å²) >= 11 is 0. The van der Waals surface area contributed by atoms with E-state index in [1.165, 1.54) is 0 Å². The third kappa shape index (κ3) is 1.85. The first-order valence-corrected chi connectivity index (χ1v) is 3.97. The summed E-state index contributed by atoms with van der Waals surface area (Å²) < 4.78 is 41.6. The Morgan fingerprint density at radius 2 is 2.20 bits per heavy atom. The van der Waals surface area contributed by atoms with Crippen LogP contribution < -0.4 is 10.1 Å². The van der Waals surface area contributed by atoms with E-state index in [1.54, 1.807) is 0 Å². The Bertz CT molecular complexity index is 417. The van der Waals surface area contributed by atoms with Gasteiger partial charge < -0.3 is 10.1 Å². The summed E-state index contributed by atoms with van der Waals surface area (Å²) in [6.45, 7) is -0.296. The van der Waals surface area contributed by atoms with Crippen LogP contribution in [0.1, 0.15) is 5.56 Å². The van der Waals surface area contributed by atoms with Gasteiger partial charge in [0.05, 0.1) is 5.56 Å². The van der Waals surface area contributed by atoms with Gasteiger partial charge in [0.15, 0.2) is 18.2 Å². The molecule has 1 aromatic heterocycles. The van der Waals surface area contributed by atoms with Gasteiger partial charge in [-0.3, -0.25) is 4.79 Å². The molecule has 2 heterocycles. The Morgan fingerprint density at radius 3 is 2.87 bits per heavy atom. The molecule has 0 bridgehead atoms. The third-order valence-electron chi connectivity index (χ3n) is 1.80. The van der Waals surface area contributed by atoms with Gasteiger partial charge in [-0.2, -0.15) is 13.2 Å². The zero-order valence-electron chi connectivity index (χ0n) is 7.26. The molecule has 0 fully saturated rings. The van der Waals surface area contributed by atoms with Crippen LogP contribution in [0.15, 0.2) is 12.3 Å². The van der Waals surface area contributed by atoms with E-state index in [4.69, 9.17) is 4.74 Å². The second kappa shape index (κ2) is 3.11. The molecule has 1 aliphatic heterocycles. The number of carbonyl (C=O) groups excluding carboxylic acids is 1. The van der Waals surface area contributed by atoms with Gasteiger partial charge in [-0.1, -0.05) is 0 Å². The first-order valence-electron chi connectivity index (χ1n) is 3.97. The summed E-state index contributed by atoms with van der Waals surface area (Å²) in [5, 5.41) is 2.30. The Balaban J connectivity index is 2.39. The van der Waals surface area contributed by atoms with Crippen LogP contribution in [0.3, 0.4) is 0 Å². The summed E-state index contributed by atoms with van der Waals surface area (Å²) in [6, 6.07) is 0.807. The van der Waals surface area contributed by atoms with Crippen LogP contribution >= 0.6 is 0 Å². The Hall–Kier alpha value is -1.79. The number of nitrogens with one attached hydrogen (secondary N) is 1. The minimum atomic E-state index is -4.47. The van der Waals surface area contributed by atoms with Crippen LogP contribution in [0.25, 0.3) is 0 Å². The van der Waals surface area contributed by atoms with Crippen molar-refractivity contribution in [1.29, 1.82) is 0 Å². The van der Waals surface area contributed by atoms with Crippen molar-refractivity contribution in [3.05, 3.63) is 17.8 Å². The number of alkyl halides is 3. The molecule has 15 heavy (non-hydrogen) atoms. The molecule has 0 aromatic carbocycles. The first-order chi connectivity index (χ1) is 6.97. The van der Waals surface area contributed by atoms with Crippen molar-refractivity contribution in [3.8, 4) is 5.75 Å². The van der Waals surface area contributed by atoms with E-state index in [0.29, 0.717) is 6.20 Å². The molecule has 4 nitrogen and oxygen atoms in total. The lowest BCUT2D eigenvalue weighted by molar-refractivity contribution is -0.137. The predicted molar refractivity (Wildman–Crippen MR) is 43.4 cm³/mol. The van der Waals surface area contributed by atoms with Crippen molar-refractivity contribution in [2.24, 2.45) is 0 Å². The topological polar surface area (TPSA) is 51.2 Å². The largest absolute Gasteiger partial charge is 0.480 e. The summed E-state index contributed by atoms with van der Waals surface area (Å²) in [4.78, 5) is 14.3. The van der Waals surface area contributed by atoms with Crippen molar-refractivity contribution >= 4 is 11.7 Å². The lowest BCUT2D eigenvalue weighted by Gasteiger charge is -2.17. The van der Waals surface area contributed by atoms with Crippen molar-refractivity contribution in [2.45, 2.75) is 6.18 Å². The maximum Gasteiger partial charge on any atom is 0.418 e. The minimum Gasteiger partial charge on any atom is -0.480 e. The molecule has 80 valence electrons. The Kier molecular flexibility index (Phi) is 2.02. The van der Waals surface area contributed by atoms with E-state index in [2.05, 4.69) is 10.3 Å². The predicted octanol–water partition coefficient (Wildman–Crippen LogP) is 1.43. The molecule has 2 rings (SSSR count). The fourth-order valence-corrected chi connectivity index (χ4v) is 1.11. The zero-order chi connectivity index (χ0) is 11.1.